The number of hydrogen-bond donors (Lipinski definition) is 0. The zero-order chi connectivity index (χ0) is 45.4. The molecule has 0 bridgehead atoms. The minimum Gasteiger partial charge on any atom is -0.310 e. The number of fused-ring (bicyclic) bond motifs is 4. The van der Waals surface area contributed by atoms with Gasteiger partial charge in [0.05, 0.1) is 11.0 Å². The second-order valence-electron chi connectivity index (χ2n) is 18.2. The minimum atomic E-state index is 0.531. The Morgan fingerprint density at radius 3 is 1.94 bits per heavy atom. The molecule has 2 heteroatoms. The lowest BCUT2D eigenvalue weighted by Gasteiger charge is -2.27. The molecule has 0 saturated carbocycles. The number of para-hydroxylation sites is 1. The number of nitrogens with zero attached hydrogens (tertiary/aromatic N) is 2. The first kappa shape index (κ1) is 41.0. The van der Waals surface area contributed by atoms with Gasteiger partial charge in [0.1, 0.15) is 0 Å². The number of rotatable bonds is 9. The predicted molar refractivity (Wildman–Crippen MR) is 291 cm³/mol. The normalized spacial score (nSPS) is 14.7. The van der Waals surface area contributed by atoms with Crippen molar-refractivity contribution in [1.29, 1.82) is 0 Å². The second-order valence-corrected chi connectivity index (χ2v) is 18.2. The maximum atomic E-state index is 2.43. The molecule has 68 heavy (non-hydrogen) atoms. The Morgan fingerprint density at radius 2 is 1.13 bits per heavy atom. The average molecular weight is 871 g/mol. The summed E-state index contributed by atoms with van der Waals surface area (Å²) in [6.07, 6.45) is 17.9. The molecule has 2 aliphatic carbocycles. The van der Waals surface area contributed by atoms with Crippen LogP contribution in [0.2, 0.25) is 0 Å². The van der Waals surface area contributed by atoms with Gasteiger partial charge in [-0.25, -0.2) is 0 Å². The molecule has 0 aliphatic heterocycles. The molecule has 1 unspecified atom stereocenters. The summed E-state index contributed by atoms with van der Waals surface area (Å²) in [7, 11) is 0. The van der Waals surface area contributed by atoms with Crippen molar-refractivity contribution in [2.75, 3.05) is 4.90 Å². The topological polar surface area (TPSA) is 8.17 Å². The third-order valence-electron chi connectivity index (χ3n) is 13.8. The Morgan fingerprint density at radius 1 is 0.456 bits per heavy atom. The van der Waals surface area contributed by atoms with Crippen LogP contribution in [0.15, 0.2) is 255 Å². The fraction of sp³-hybridized carbons (Fsp3) is 0.0606. The van der Waals surface area contributed by atoms with Crippen molar-refractivity contribution in [3.05, 3.63) is 272 Å². The van der Waals surface area contributed by atoms with Crippen LogP contribution in [-0.4, -0.2) is 4.57 Å². The molecule has 2 aliphatic rings. The van der Waals surface area contributed by atoms with Crippen LogP contribution in [0.25, 0.3) is 77.2 Å². The number of anilines is 3. The van der Waals surface area contributed by atoms with E-state index in [9.17, 15) is 0 Å². The Labute approximate surface area is 399 Å². The van der Waals surface area contributed by atoms with Crippen molar-refractivity contribution in [2.24, 2.45) is 5.92 Å². The van der Waals surface area contributed by atoms with Crippen molar-refractivity contribution in [3.63, 3.8) is 0 Å². The van der Waals surface area contributed by atoms with Gasteiger partial charge in [-0.3, -0.25) is 0 Å². The quantitative estimate of drug-likeness (QED) is 0.140. The highest BCUT2D eigenvalue weighted by molar-refractivity contribution is 6.16. The molecule has 1 heterocycles. The van der Waals surface area contributed by atoms with Gasteiger partial charge in [0.25, 0.3) is 0 Å². The van der Waals surface area contributed by atoms with E-state index in [2.05, 4.69) is 271 Å². The van der Waals surface area contributed by atoms with Crippen LogP contribution in [0.5, 0.6) is 0 Å². The molecule has 0 saturated heterocycles. The average Bonchev–Trinajstić information content (AvgIpc) is 3.53. The molecule has 2 nitrogen and oxygen atoms in total. The van der Waals surface area contributed by atoms with Gasteiger partial charge < -0.3 is 9.47 Å². The van der Waals surface area contributed by atoms with Gasteiger partial charge in [0.15, 0.2) is 0 Å². The number of hydrogen-bond acceptors (Lipinski definition) is 1. The van der Waals surface area contributed by atoms with Crippen LogP contribution in [0, 0.1) is 5.92 Å². The Hall–Kier alpha value is -8.46. The first-order valence-electron chi connectivity index (χ1n) is 23.9. The zero-order valence-corrected chi connectivity index (χ0v) is 38.1. The molecule has 9 aromatic carbocycles. The van der Waals surface area contributed by atoms with E-state index in [1.807, 2.05) is 0 Å². The van der Waals surface area contributed by atoms with Crippen LogP contribution in [0.4, 0.5) is 17.1 Å². The van der Waals surface area contributed by atoms with Gasteiger partial charge in [-0.2, -0.15) is 0 Å². The molecule has 1 atom stereocenters. The molecule has 1 aromatic heterocycles. The maximum Gasteiger partial charge on any atom is 0.0547 e. The van der Waals surface area contributed by atoms with Crippen LogP contribution in [-0.2, 0) is 0 Å². The summed E-state index contributed by atoms with van der Waals surface area (Å²) >= 11 is 0. The van der Waals surface area contributed by atoms with Crippen molar-refractivity contribution < 1.29 is 0 Å². The molecular weight excluding hydrogens is 821 g/mol. The van der Waals surface area contributed by atoms with E-state index in [0.717, 1.165) is 35.6 Å². The summed E-state index contributed by atoms with van der Waals surface area (Å²) in [5, 5.41) is 5.04. The standard InChI is InChI=1S/C66H50N2/c1-46-15-10-22-53(43-46)50-35-40-58(41-36-50)67(57-38-33-49(34-39-57)48-19-11-20-52(32-31-48)61-28-13-21-51-18-8-9-27-60(51)61)59-26-12-23-55(44-59)62-29-14-30-64-66(62)63-42-37-54(47-16-4-2-5-17-47)45-65(63)68(64)56-24-6-3-7-25-56/h2-19,21-42,44-46H,20,43H2,1H3. The summed E-state index contributed by atoms with van der Waals surface area (Å²) < 4.78 is 2.43. The summed E-state index contributed by atoms with van der Waals surface area (Å²) in [5.74, 6) is 0.531. The lowest BCUT2D eigenvalue weighted by molar-refractivity contribution is 0.749. The highest BCUT2D eigenvalue weighted by Crippen LogP contribution is 2.43. The van der Waals surface area contributed by atoms with Gasteiger partial charge in [0.2, 0.25) is 0 Å². The van der Waals surface area contributed by atoms with Crippen LogP contribution < -0.4 is 4.90 Å². The zero-order valence-electron chi connectivity index (χ0n) is 38.1. The van der Waals surface area contributed by atoms with E-state index in [4.69, 9.17) is 0 Å². The molecule has 0 radical (unpaired) electrons. The summed E-state index contributed by atoms with van der Waals surface area (Å²) in [4.78, 5) is 2.41. The van der Waals surface area contributed by atoms with E-state index in [-0.39, 0.29) is 0 Å². The highest BCUT2D eigenvalue weighted by Gasteiger charge is 2.20. The van der Waals surface area contributed by atoms with Gasteiger partial charge in [-0.1, -0.05) is 201 Å². The fourth-order valence-corrected chi connectivity index (χ4v) is 10.4. The lowest BCUT2D eigenvalue weighted by Crippen LogP contribution is -2.10. The lowest BCUT2D eigenvalue weighted by atomic mass is 9.91. The van der Waals surface area contributed by atoms with Crippen molar-refractivity contribution >= 4 is 66.4 Å². The Kier molecular flexibility index (Phi) is 10.7. The monoisotopic (exact) mass is 870 g/mol. The first-order valence-corrected chi connectivity index (χ1v) is 23.9. The maximum absolute atomic E-state index is 2.43. The van der Waals surface area contributed by atoms with Crippen molar-refractivity contribution in [3.8, 4) is 27.9 Å². The third-order valence-corrected chi connectivity index (χ3v) is 13.8. The van der Waals surface area contributed by atoms with Gasteiger partial charge in [0, 0.05) is 33.5 Å². The number of allylic oxidation sites excluding steroid dienone is 10. The van der Waals surface area contributed by atoms with E-state index in [1.54, 1.807) is 0 Å². The summed E-state index contributed by atoms with van der Waals surface area (Å²) in [6.45, 7) is 2.29. The van der Waals surface area contributed by atoms with Crippen molar-refractivity contribution in [2.45, 2.75) is 19.8 Å². The first-order chi connectivity index (χ1) is 33.6. The molecule has 0 fully saturated rings. The fourth-order valence-electron chi connectivity index (χ4n) is 10.4. The van der Waals surface area contributed by atoms with Crippen molar-refractivity contribution in [1.82, 2.24) is 4.57 Å². The molecule has 0 amide bonds. The highest BCUT2D eigenvalue weighted by atomic mass is 15.1. The van der Waals surface area contributed by atoms with E-state index < -0.39 is 0 Å². The smallest absolute Gasteiger partial charge is 0.0547 e. The largest absolute Gasteiger partial charge is 0.310 e. The third kappa shape index (κ3) is 7.70. The van der Waals surface area contributed by atoms with Gasteiger partial charge in [-0.05, 0) is 146 Å². The Bertz CT molecular complexity index is 3650. The van der Waals surface area contributed by atoms with E-state index in [1.165, 1.54) is 88.2 Å². The van der Waals surface area contributed by atoms with Gasteiger partial charge in [-0.15, -0.1) is 0 Å². The molecule has 12 rings (SSSR count). The van der Waals surface area contributed by atoms with Crippen LogP contribution in [0.3, 0.4) is 0 Å². The molecule has 0 N–H and O–H groups in total. The summed E-state index contributed by atoms with van der Waals surface area (Å²) in [5.41, 5.74) is 19.3. The Balaban J connectivity index is 0.958. The SMILES string of the molecule is CC1C=CC=C(c2ccc(N(c3ccc(C4=CC=C(c5cccc6ccccc56)CC=C4)cc3)c3cccc(-c4cccc5c4c4ccc(-c6ccccc6)cc4n5-c4ccccc4)c3)cc2)C1. The molecule has 10 aromatic rings. The number of benzene rings is 9. The minimum absolute atomic E-state index is 0.531. The molecular formula is C66H50N2. The molecule has 324 valence electrons. The van der Waals surface area contributed by atoms with Crippen LogP contribution in [0.1, 0.15) is 36.5 Å². The number of aromatic nitrogens is 1. The second kappa shape index (κ2) is 17.7. The van der Waals surface area contributed by atoms with E-state index in [0.29, 0.717) is 5.92 Å². The molecule has 0 spiro atoms. The predicted octanol–water partition coefficient (Wildman–Crippen LogP) is 18.1. The summed E-state index contributed by atoms with van der Waals surface area (Å²) in [6, 6.07) is 77.8. The van der Waals surface area contributed by atoms with Gasteiger partial charge >= 0.3 is 0 Å². The van der Waals surface area contributed by atoms with E-state index >= 15 is 0 Å². The van der Waals surface area contributed by atoms with Crippen LogP contribution >= 0.6 is 0 Å².